The monoisotopic (exact) mass is 506 g/mol. The molecule has 0 aliphatic carbocycles. The standard InChI is InChI=1S/C21H19IN2O3S/c22-17-11-14(8-9-18(17)25)12-19-20(26)24(13-16-7-4-10-27-16)21(28-19)23-15-5-2-1-3-6-15/h1-3,5-6,8-9,11-12,16,25H,4,7,10,13H2/b19-12-,23-21?/t16-/m1/s1. The Labute approximate surface area is 181 Å². The fourth-order valence-electron chi connectivity index (χ4n) is 3.12. The second kappa shape index (κ2) is 8.67. The van der Waals surface area contributed by atoms with Crippen LogP contribution in [0.2, 0.25) is 0 Å². The van der Waals surface area contributed by atoms with E-state index in [9.17, 15) is 9.90 Å². The van der Waals surface area contributed by atoms with E-state index in [2.05, 4.69) is 22.6 Å². The lowest BCUT2D eigenvalue weighted by Gasteiger charge is -2.19. The Morgan fingerprint density at radius 2 is 2.11 bits per heavy atom. The van der Waals surface area contributed by atoms with Crippen LogP contribution >= 0.6 is 34.4 Å². The maximum absolute atomic E-state index is 13.1. The van der Waals surface area contributed by atoms with Crippen molar-refractivity contribution in [1.29, 1.82) is 0 Å². The van der Waals surface area contributed by atoms with Crippen molar-refractivity contribution in [3.8, 4) is 5.75 Å². The van der Waals surface area contributed by atoms with Gasteiger partial charge in [-0.1, -0.05) is 24.3 Å². The summed E-state index contributed by atoms with van der Waals surface area (Å²) in [5.41, 5.74) is 1.69. The van der Waals surface area contributed by atoms with Gasteiger partial charge < -0.3 is 9.84 Å². The number of halogens is 1. The van der Waals surface area contributed by atoms with Crippen molar-refractivity contribution in [3.63, 3.8) is 0 Å². The van der Waals surface area contributed by atoms with Crippen LogP contribution in [0.4, 0.5) is 5.69 Å². The number of aliphatic imine (C=N–C) groups is 1. The number of carbonyl (C=O) groups excluding carboxylic acids is 1. The molecular weight excluding hydrogens is 487 g/mol. The molecule has 2 aromatic rings. The van der Waals surface area contributed by atoms with Gasteiger partial charge in [-0.25, -0.2) is 4.99 Å². The third-order valence-electron chi connectivity index (χ3n) is 4.55. The van der Waals surface area contributed by atoms with Gasteiger partial charge in [0.2, 0.25) is 0 Å². The van der Waals surface area contributed by atoms with Gasteiger partial charge in [0.15, 0.2) is 5.17 Å². The van der Waals surface area contributed by atoms with E-state index >= 15 is 0 Å². The predicted molar refractivity (Wildman–Crippen MR) is 121 cm³/mol. The zero-order valence-corrected chi connectivity index (χ0v) is 18.0. The number of carbonyl (C=O) groups is 1. The molecule has 1 N–H and O–H groups in total. The van der Waals surface area contributed by atoms with E-state index < -0.39 is 0 Å². The fraction of sp³-hybridized carbons (Fsp3) is 0.238. The molecule has 0 bridgehead atoms. The molecule has 2 aromatic carbocycles. The lowest BCUT2D eigenvalue weighted by molar-refractivity contribution is -0.123. The van der Waals surface area contributed by atoms with Gasteiger partial charge in [-0.15, -0.1) is 0 Å². The van der Waals surface area contributed by atoms with Crippen LogP contribution in [0.3, 0.4) is 0 Å². The number of hydrogen-bond acceptors (Lipinski definition) is 5. The molecule has 144 valence electrons. The van der Waals surface area contributed by atoms with Gasteiger partial charge in [-0.05, 0) is 83.1 Å². The highest BCUT2D eigenvalue weighted by atomic mass is 127. The van der Waals surface area contributed by atoms with E-state index in [4.69, 9.17) is 9.73 Å². The minimum absolute atomic E-state index is 0.0551. The number of thioether (sulfide) groups is 1. The smallest absolute Gasteiger partial charge is 0.266 e. The third-order valence-corrected chi connectivity index (χ3v) is 6.42. The van der Waals surface area contributed by atoms with Crippen LogP contribution in [0.5, 0.6) is 5.75 Å². The molecule has 2 fully saturated rings. The minimum atomic E-state index is -0.0572. The Bertz CT molecular complexity index is 940. The maximum atomic E-state index is 13.1. The van der Waals surface area contributed by atoms with Gasteiger partial charge in [-0.3, -0.25) is 9.69 Å². The molecule has 4 rings (SSSR count). The van der Waals surface area contributed by atoms with Crippen LogP contribution in [0.25, 0.3) is 6.08 Å². The number of aromatic hydroxyl groups is 1. The average molecular weight is 506 g/mol. The Morgan fingerprint density at radius 1 is 1.29 bits per heavy atom. The summed E-state index contributed by atoms with van der Waals surface area (Å²) < 4.78 is 6.48. The molecule has 0 radical (unpaired) electrons. The Hall–Kier alpha value is -1.84. The highest BCUT2D eigenvalue weighted by molar-refractivity contribution is 14.1. The highest BCUT2D eigenvalue weighted by Gasteiger charge is 2.35. The number of rotatable bonds is 4. The molecule has 0 spiro atoms. The first-order chi connectivity index (χ1) is 13.6. The van der Waals surface area contributed by atoms with Crippen molar-refractivity contribution in [2.45, 2.75) is 18.9 Å². The summed E-state index contributed by atoms with van der Waals surface area (Å²) in [6.45, 7) is 1.27. The minimum Gasteiger partial charge on any atom is -0.507 e. The summed E-state index contributed by atoms with van der Waals surface area (Å²) >= 11 is 3.45. The first-order valence-electron chi connectivity index (χ1n) is 9.05. The number of benzene rings is 2. The van der Waals surface area contributed by atoms with Gasteiger partial charge in [0, 0.05) is 6.61 Å². The van der Waals surface area contributed by atoms with Crippen molar-refractivity contribution in [3.05, 3.63) is 62.6 Å². The highest BCUT2D eigenvalue weighted by Crippen LogP contribution is 2.35. The number of hydrogen-bond donors (Lipinski definition) is 1. The lowest BCUT2D eigenvalue weighted by Crippen LogP contribution is -2.36. The SMILES string of the molecule is O=C1/C(=C/c2ccc(O)c(I)c2)SC(=Nc2ccccc2)N1C[C@H]1CCCO1. The number of amidine groups is 1. The average Bonchev–Trinajstić information content (AvgIpc) is 3.30. The van der Waals surface area contributed by atoms with E-state index in [1.165, 1.54) is 11.8 Å². The summed E-state index contributed by atoms with van der Waals surface area (Å²) in [4.78, 5) is 20.1. The summed E-state index contributed by atoms with van der Waals surface area (Å²) in [5, 5.41) is 10.4. The first-order valence-corrected chi connectivity index (χ1v) is 10.9. The molecule has 2 aliphatic heterocycles. The van der Waals surface area contributed by atoms with Crippen LogP contribution in [0.15, 0.2) is 58.4 Å². The Balaban J connectivity index is 1.65. The number of para-hydroxylation sites is 1. The summed E-state index contributed by atoms with van der Waals surface area (Å²) in [6.07, 6.45) is 3.89. The van der Waals surface area contributed by atoms with Crippen LogP contribution in [-0.2, 0) is 9.53 Å². The molecule has 1 atom stereocenters. The molecular formula is C21H19IN2O3S. The normalized spacial score (nSPS) is 22.5. The lowest BCUT2D eigenvalue weighted by atomic mass is 10.2. The van der Waals surface area contributed by atoms with Crippen molar-refractivity contribution < 1.29 is 14.6 Å². The van der Waals surface area contributed by atoms with Gasteiger partial charge in [0.1, 0.15) is 5.75 Å². The second-order valence-corrected chi connectivity index (χ2v) is 8.77. The summed E-state index contributed by atoms with van der Waals surface area (Å²) in [7, 11) is 0. The molecule has 2 heterocycles. The van der Waals surface area contributed by atoms with E-state index in [0.717, 1.165) is 34.3 Å². The van der Waals surface area contributed by atoms with Crippen LogP contribution in [0, 0.1) is 3.57 Å². The first kappa shape index (κ1) is 19.5. The molecule has 5 nitrogen and oxygen atoms in total. The summed E-state index contributed by atoms with van der Waals surface area (Å²) in [5.74, 6) is 0.178. The van der Waals surface area contributed by atoms with Crippen LogP contribution in [-0.4, -0.2) is 40.3 Å². The molecule has 0 aromatic heterocycles. The predicted octanol–water partition coefficient (Wildman–Crippen LogP) is 4.78. The van der Waals surface area contributed by atoms with Crippen molar-refractivity contribution in [2.75, 3.05) is 13.2 Å². The zero-order valence-electron chi connectivity index (χ0n) is 15.0. The van der Waals surface area contributed by atoms with Gasteiger partial charge >= 0.3 is 0 Å². The Morgan fingerprint density at radius 3 is 2.82 bits per heavy atom. The van der Waals surface area contributed by atoms with E-state index in [1.807, 2.05) is 42.5 Å². The Kier molecular flexibility index (Phi) is 6.03. The number of phenols is 1. The van der Waals surface area contributed by atoms with E-state index in [0.29, 0.717) is 16.6 Å². The van der Waals surface area contributed by atoms with Crippen molar-refractivity contribution in [2.24, 2.45) is 4.99 Å². The number of amides is 1. The molecule has 1 amide bonds. The van der Waals surface area contributed by atoms with Crippen LogP contribution in [0.1, 0.15) is 18.4 Å². The fourth-order valence-corrected chi connectivity index (χ4v) is 4.67. The molecule has 28 heavy (non-hydrogen) atoms. The molecule has 2 aliphatic rings. The molecule has 0 saturated carbocycles. The molecule has 2 saturated heterocycles. The molecule has 0 unspecified atom stereocenters. The number of phenolic OH excluding ortho intramolecular Hbond substituents is 1. The number of ether oxygens (including phenoxy) is 1. The quantitative estimate of drug-likeness (QED) is 0.479. The largest absolute Gasteiger partial charge is 0.507 e. The van der Waals surface area contributed by atoms with E-state index in [-0.39, 0.29) is 17.8 Å². The van der Waals surface area contributed by atoms with Gasteiger partial charge in [-0.2, -0.15) is 0 Å². The van der Waals surface area contributed by atoms with Crippen LogP contribution < -0.4 is 0 Å². The van der Waals surface area contributed by atoms with Gasteiger partial charge in [0.05, 0.1) is 26.8 Å². The topological polar surface area (TPSA) is 62.1 Å². The number of nitrogens with zero attached hydrogens (tertiary/aromatic N) is 2. The zero-order chi connectivity index (χ0) is 19.5. The van der Waals surface area contributed by atoms with Crippen molar-refractivity contribution in [1.82, 2.24) is 4.90 Å². The van der Waals surface area contributed by atoms with Gasteiger partial charge in [0.25, 0.3) is 5.91 Å². The molecule has 7 heteroatoms. The summed E-state index contributed by atoms with van der Waals surface area (Å²) in [6, 6.07) is 14.9. The van der Waals surface area contributed by atoms with Crippen molar-refractivity contribution >= 4 is 57.2 Å². The van der Waals surface area contributed by atoms with E-state index in [1.54, 1.807) is 17.0 Å². The maximum Gasteiger partial charge on any atom is 0.266 e. The second-order valence-electron chi connectivity index (χ2n) is 6.60. The third kappa shape index (κ3) is 4.42.